The first kappa shape index (κ1) is 16.4. The van der Waals surface area contributed by atoms with Gasteiger partial charge in [0.25, 0.3) is 0 Å². The molecular formula is C16H18ClNO4. The molecular weight excluding hydrogens is 306 g/mol. The molecule has 2 atom stereocenters. The van der Waals surface area contributed by atoms with Gasteiger partial charge in [-0.15, -0.1) is 0 Å². The highest BCUT2D eigenvalue weighted by Crippen LogP contribution is 2.37. The van der Waals surface area contributed by atoms with Crippen molar-refractivity contribution in [2.45, 2.75) is 12.8 Å². The van der Waals surface area contributed by atoms with E-state index < -0.39 is 18.0 Å². The third-order valence-corrected chi connectivity index (χ3v) is 4.10. The van der Waals surface area contributed by atoms with Crippen molar-refractivity contribution in [2.24, 2.45) is 5.92 Å². The third kappa shape index (κ3) is 3.42. The summed E-state index contributed by atoms with van der Waals surface area (Å²) in [6.45, 7) is 5.88. The largest absolute Gasteiger partial charge is 0.481 e. The van der Waals surface area contributed by atoms with Crippen molar-refractivity contribution in [1.29, 1.82) is 0 Å². The van der Waals surface area contributed by atoms with Crippen LogP contribution in [0.5, 0.6) is 0 Å². The number of nitrogens with zero attached hydrogens (tertiary/aromatic N) is 1. The van der Waals surface area contributed by atoms with Gasteiger partial charge in [-0.05, 0) is 24.1 Å². The van der Waals surface area contributed by atoms with Gasteiger partial charge in [-0.2, -0.15) is 0 Å². The molecule has 1 aromatic rings. The molecule has 2 unspecified atom stereocenters. The van der Waals surface area contributed by atoms with E-state index in [9.17, 15) is 14.7 Å². The summed E-state index contributed by atoms with van der Waals surface area (Å²) in [5.41, 5.74) is 1.75. The molecule has 118 valence electrons. The average molecular weight is 324 g/mol. The second kappa shape index (κ2) is 6.83. The topological polar surface area (TPSA) is 66.8 Å². The lowest BCUT2D eigenvalue weighted by Crippen LogP contribution is -2.30. The van der Waals surface area contributed by atoms with Crippen LogP contribution in [0.2, 0.25) is 5.02 Å². The minimum absolute atomic E-state index is 0.100. The van der Waals surface area contributed by atoms with E-state index in [-0.39, 0.29) is 25.6 Å². The first-order valence-electron chi connectivity index (χ1n) is 6.95. The van der Waals surface area contributed by atoms with E-state index in [4.69, 9.17) is 16.3 Å². The summed E-state index contributed by atoms with van der Waals surface area (Å²) in [5.74, 6) is -1.99. The lowest BCUT2D eigenvalue weighted by molar-refractivity contribution is -0.141. The highest BCUT2D eigenvalue weighted by atomic mass is 35.5. The number of amides is 1. The van der Waals surface area contributed by atoms with E-state index in [0.717, 1.165) is 11.1 Å². The first-order valence-corrected chi connectivity index (χ1v) is 7.33. The second-order valence-corrected chi connectivity index (χ2v) is 5.75. The summed E-state index contributed by atoms with van der Waals surface area (Å²) in [5, 5.41) is 9.95. The number of hydrogen-bond donors (Lipinski definition) is 1. The Hall–Kier alpha value is -2.01. The number of carbonyl (C=O) groups is 2. The van der Waals surface area contributed by atoms with Crippen molar-refractivity contribution < 1.29 is 19.4 Å². The molecule has 2 rings (SSSR count). The van der Waals surface area contributed by atoms with Gasteiger partial charge >= 0.3 is 12.1 Å². The minimum Gasteiger partial charge on any atom is -0.481 e. The fraction of sp³-hybridized carbons (Fsp3) is 0.375. The van der Waals surface area contributed by atoms with Crippen LogP contribution in [0, 0.1) is 12.8 Å². The van der Waals surface area contributed by atoms with Gasteiger partial charge in [-0.1, -0.05) is 36.4 Å². The number of hydrogen-bond acceptors (Lipinski definition) is 3. The molecule has 0 aliphatic carbocycles. The summed E-state index contributed by atoms with van der Waals surface area (Å²) >= 11 is 6.25. The number of benzene rings is 1. The molecule has 1 aromatic carbocycles. The van der Waals surface area contributed by atoms with Crippen LogP contribution in [0.1, 0.15) is 17.0 Å². The molecule has 1 amide bonds. The zero-order valence-electron chi connectivity index (χ0n) is 12.3. The Labute approximate surface area is 134 Å². The van der Waals surface area contributed by atoms with Gasteiger partial charge in [0.2, 0.25) is 0 Å². The van der Waals surface area contributed by atoms with E-state index in [1.54, 1.807) is 6.07 Å². The Balaban J connectivity index is 2.23. The van der Waals surface area contributed by atoms with Crippen molar-refractivity contribution in [1.82, 2.24) is 4.90 Å². The molecule has 0 saturated carbocycles. The number of aryl methyl sites for hydroxylation is 1. The molecule has 1 fully saturated rings. The molecule has 6 heteroatoms. The lowest BCUT2D eigenvalue weighted by atomic mass is 9.88. The molecule has 0 bridgehead atoms. The highest BCUT2D eigenvalue weighted by Gasteiger charge is 2.41. The number of ether oxygens (including phenoxy) is 1. The van der Waals surface area contributed by atoms with E-state index >= 15 is 0 Å². The van der Waals surface area contributed by atoms with Crippen LogP contribution in [-0.4, -0.2) is 41.8 Å². The summed E-state index contributed by atoms with van der Waals surface area (Å²) in [6, 6.07) is 5.52. The zero-order valence-corrected chi connectivity index (χ0v) is 13.0. The van der Waals surface area contributed by atoms with Crippen LogP contribution in [0.15, 0.2) is 30.9 Å². The van der Waals surface area contributed by atoms with Gasteiger partial charge in [0.1, 0.15) is 6.61 Å². The maximum absolute atomic E-state index is 11.9. The van der Waals surface area contributed by atoms with Gasteiger partial charge < -0.3 is 14.7 Å². The molecule has 0 spiro atoms. The molecule has 1 saturated heterocycles. The smallest absolute Gasteiger partial charge is 0.410 e. The Kier molecular flexibility index (Phi) is 5.08. The van der Waals surface area contributed by atoms with Crippen molar-refractivity contribution in [3.8, 4) is 0 Å². The van der Waals surface area contributed by atoms with Gasteiger partial charge in [-0.3, -0.25) is 4.79 Å². The van der Waals surface area contributed by atoms with Crippen molar-refractivity contribution >= 4 is 23.7 Å². The van der Waals surface area contributed by atoms with Crippen LogP contribution in [0.25, 0.3) is 0 Å². The molecule has 1 aliphatic heterocycles. The third-order valence-electron chi connectivity index (χ3n) is 3.78. The van der Waals surface area contributed by atoms with E-state index in [2.05, 4.69) is 6.58 Å². The molecule has 22 heavy (non-hydrogen) atoms. The van der Waals surface area contributed by atoms with Gasteiger partial charge in [0.05, 0.1) is 5.92 Å². The number of aliphatic carboxylic acids is 1. The van der Waals surface area contributed by atoms with Crippen LogP contribution in [0.3, 0.4) is 0 Å². The quantitative estimate of drug-likeness (QED) is 0.865. The van der Waals surface area contributed by atoms with Crippen molar-refractivity contribution in [3.63, 3.8) is 0 Å². The summed E-state index contributed by atoms with van der Waals surface area (Å²) in [7, 11) is 0. The molecule has 1 aliphatic rings. The molecule has 0 radical (unpaired) electrons. The van der Waals surface area contributed by atoms with E-state index in [0.29, 0.717) is 5.02 Å². The Morgan fingerprint density at radius 3 is 2.82 bits per heavy atom. The first-order chi connectivity index (χ1) is 10.4. The monoisotopic (exact) mass is 323 g/mol. The van der Waals surface area contributed by atoms with Crippen molar-refractivity contribution in [3.05, 3.63) is 47.0 Å². The minimum atomic E-state index is -0.944. The Bertz CT molecular complexity index is 602. The number of halogens is 1. The average Bonchev–Trinajstić information content (AvgIpc) is 2.90. The van der Waals surface area contributed by atoms with Gasteiger partial charge in [-0.25, -0.2) is 4.79 Å². The van der Waals surface area contributed by atoms with Gasteiger partial charge in [0.15, 0.2) is 0 Å². The number of likely N-dealkylation sites (tertiary alicyclic amines) is 1. The maximum atomic E-state index is 11.9. The summed E-state index contributed by atoms with van der Waals surface area (Å²) < 4.78 is 4.98. The highest BCUT2D eigenvalue weighted by molar-refractivity contribution is 6.31. The number of carboxylic acid groups (broad SMARTS) is 1. The zero-order chi connectivity index (χ0) is 16.3. The van der Waals surface area contributed by atoms with E-state index in [1.807, 2.05) is 19.1 Å². The maximum Gasteiger partial charge on any atom is 0.410 e. The van der Waals surface area contributed by atoms with Crippen molar-refractivity contribution in [2.75, 3.05) is 19.7 Å². The fourth-order valence-electron chi connectivity index (χ4n) is 2.67. The number of carbonyl (C=O) groups excluding carboxylic acids is 1. The second-order valence-electron chi connectivity index (χ2n) is 5.35. The number of carboxylic acids is 1. The predicted molar refractivity (Wildman–Crippen MR) is 83.2 cm³/mol. The van der Waals surface area contributed by atoms with Crippen LogP contribution >= 0.6 is 11.6 Å². The van der Waals surface area contributed by atoms with Gasteiger partial charge in [0, 0.05) is 24.0 Å². The Morgan fingerprint density at radius 2 is 2.23 bits per heavy atom. The van der Waals surface area contributed by atoms with Crippen LogP contribution in [0.4, 0.5) is 4.79 Å². The van der Waals surface area contributed by atoms with Crippen LogP contribution in [-0.2, 0) is 9.53 Å². The van der Waals surface area contributed by atoms with E-state index in [1.165, 1.54) is 11.0 Å². The van der Waals surface area contributed by atoms with Crippen LogP contribution < -0.4 is 0 Å². The SMILES string of the molecule is C=CCOC(=O)N1CC(C(=O)O)C(c2ccc(C)cc2Cl)C1. The normalized spacial score (nSPS) is 20.7. The number of rotatable bonds is 4. The fourth-order valence-corrected chi connectivity index (χ4v) is 3.05. The summed E-state index contributed by atoms with van der Waals surface area (Å²) in [4.78, 5) is 24.8. The molecule has 5 nitrogen and oxygen atoms in total. The predicted octanol–water partition coefficient (Wildman–Crippen LogP) is 3.07. The molecule has 1 N–H and O–H groups in total. The molecule has 0 aromatic heterocycles. The lowest BCUT2D eigenvalue weighted by Gasteiger charge is -2.17. The standard InChI is InChI=1S/C16H18ClNO4/c1-3-6-22-16(21)18-8-12(13(9-18)15(19)20)11-5-4-10(2)7-14(11)17/h3-5,7,12-13H,1,6,8-9H2,2H3,(H,19,20). The Morgan fingerprint density at radius 1 is 1.50 bits per heavy atom. The summed E-state index contributed by atoms with van der Waals surface area (Å²) in [6.07, 6.45) is 0.939. The molecule has 1 heterocycles.